The van der Waals surface area contributed by atoms with E-state index in [1.165, 1.54) is 7.05 Å². The van der Waals surface area contributed by atoms with Crippen LogP contribution in [0.3, 0.4) is 0 Å². The van der Waals surface area contributed by atoms with E-state index in [4.69, 9.17) is 4.74 Å². The van der Waals surface area contributed by atoms with Gasteiger partial charge < -0.3 is 4.74 Å². The first kappa shape index (κ1) is 13.9. The van der Waals surface area contributed by atoms with Crippen LogP contribution in [0.4, 0.5) is 8.78 Å². The maximum atomic E-state index is 13.6. The molecule has 0 amide bonds. The van der Waals surface area contributed by atoms with Gasteiger partial charge in [-0.05, 0) is 28.1 Å². The standard InChI is InChI=1S/C10H10BrF2NO3S/c1-14(4-6-5-17-6)18(15,16)10-3-8(12)7(11)2-9(10)13/h2-3,6H,4-5H2,1H3/t6-/m0/s1. The summed E-state index contributed by atoms with van der Waals surface area (Å²) in [6.07, 6.45) is -0.159. The van der Waals surface area contributed by atoms with Crippen molar-refractivity contribution in [2.24, 2.45) is 0 Å². The van der Waals surface area contributed by atoms with Crippen LogP contribution in [0.25, 0.3) is 0 Å². The van der Waals surface area contributed by atoms with E-state index in [0.29, 0.717) is 12.7 Å². The molecule has 1 aromatic carbocycles. The Labute approximate surface area is 112 Å². The van der Waals surface area contributed by atoms with E-state index in [1.54, 1.807) is 0 Å². The Hall–Kier alpha value is -0.570. The number of hydrogen-bond acceptors (Lipinski definition) is 3. The predicted molar refractivity (Wildman–Crippen MR) is 63.6 cm³/mol. The minimum atomic E-state index is -4.05. The zero-order valence-corrected chi connectivity index (χ0v) is 11.8. The van der Waals surface area contributed by atoms with E-state index in [1.807, 2.05) is 0 Å². The summed E-state index contributed by atoms with van der Waals surface area (Å²) in [4.78, 5) is -0.675. The van der Waals surface area contributed by atoms with Gasteiger partial charge >= 0.3 is 0 Å². The first-order valence-corrected chi connectivity index (χ1v) is 7.28. The van der Waals surface area contributed by atoms with Gasteiger partial charge in [-0.2, -0.15) is 4.31 Å². The van der Waals surface area contributed by atoms with Crippen LogP contribution in [0.1, 0.15) is 0 Å². The highest BCUT2D eigenvalue weighted by Crippen LogP contribution is 2.25. The molecule has 18 heavy (non-hydrogen) atoms. The van der Waals surface area contributed by atoms with Gasteiger partial charge in [0, 0.05) is 13.6 Å². The van der Waals surface area contributed by atoms with Gasteiger partial charge in [0.1, 0.15) is 16.5 Å². The number of rotatable bonds is 4. The minimum absolute atomic E-state index is 0.118. The molecule has 1 aliphatic rings. The van der Waals surface area contributed by atoms with Gasteiger partial charge in [-0.3, -0.25) is 0 Å². The van der Waals surface area contributed by atoms with E-state index in [2.05, 4.69) is 15.9 Å². The summed E-state index contributed by atoms with van der Waals surface area (Å²) in [5, 5.41) is 0. The van der Waals surface area contributed by atoms with Crippen molar-refractivity contribution in [3.05, 3.63) is 28.2 Å². The fourth-order valence-corrected chi connectivity index (χ4v) is 3.00. The van der Waals surface area contributed by atoms with Crippen LogP contribution in [0, 0.1) is 11.6 Å². The average molecular weight is 342 g/mol. The number of benzene rings is 1. The predicted octanol–water partition coefficient (Wildman–Crippen LogP) is 1.75. The third-order valence-corrected chi connectivity index (χ3v) is 4.97. The molecule has 2 rings (SSSR count). The lowest BCUT2D eigenvalue weighted by atomic mass is 10.3. The summed E-state index contributed by atoms with van der Waals surface area (Å²) in [6.45, 7) is 0.608. The molecule has 1 aliphatic heterocycles. The van der Waals surface area contributed by atoms with Crippen molar-refractivity contribution in [2.75, 3.05) is 20.2 Å². The Balaban J connectivity index is 2.36. The molecule has 0 bridgehead atoms. The Kier molecular flexibility index (Phi) is 3.72. The molecule has 0 saturated carbocycles. The smallest absolute Gasteiger partial charge is 0.245 e. The zero-order chi connectivity index (χ0) is 13.5. The van der Waals surface area contributed by atoms with Crippen molar-refractivity contribution in [1.82, 2.24) is 4.31 Å². The normalized spacial score (nSPS) is 19.3. The zero-order valence-electron chi connectivity index (χ0n) is 9.36. The SMILES string of the molecule is CN(C[C@H]1CO1)S(=O)(=O)c1cc(F)c(Br)cc1F. The van der Waals surface area contributed by atoms with Crippen molar-refractivity contribution < 1.29 is 21.9 Å². The average Bonchev–Trinajstić information content (AvgIpc) is 3.07. The largest absolute Gasteiger partial charge is 0.372 e. The molecule has 100 valence electrons. The summed E-state index contributed by atoms with van der Waals surface area (Å²) in [7, 11) is -2.74. The van der Waals surface area contributed by atoms with Gasteiger partial charge in [0.2, 0.25) is 10.0 Å². The third-order valence-electron chi connectivity index (χ3n) is 2.53. The Morgan fingerprint density at radius 2 is 2.06 bits per heavy atom. The molecular weight excluding hydrogens is 332 g/mol. The molecule has 1 atom stereocenters. The number of likely N-dealkylation sites (N-methyl/N-ethyl adjacent to an activating group) is 1. The van der Waals surface area contributed by atoms with E-state index in [0.717, 1.165) is 10.4 Å². The van der Waals surface area contributed by atoms with Gasteiger partial charge in [-0.25, -0.2) is 17.2 Å². The van der Waals surface area contributed by atoms with Gasteiger partial charge in [-0.1, -0.05) is 0 Å². The van der Waals surface area contributed by atoms with Crippen LogP contribution in [-0.4, -0.2) is 39.0 Å². The van der Waals surface area contributed by atoms with Gasteiger partial charge in [0.25, 0.3) is 0 Å². The molecule has 1 fully saturated rings. The second-order valence-corrected chi connectivity index (χ2v) is 6.81. The van der Waals surface area contributed by atoms with Crippen LogP contribution in [0.2, 0.25) is 0 Å². The molecule has 1 saturated heterocycles. The third kappa shape index (κ3) is 2.71. The minimum Gasteiger partial charge on any atom is -0.372 e. The number of ether oxygens (including phenoxy) is 1. The summed E-state index contributed by atoms with van der Waals surface area (Å²) >= 11 is 2.79. The monoisotopic (exact) mass is 341 g/mol. The van der Waals surface area contributed by atoms with Crippen LogP contribution >= 0.6 is 15.9 Å². The van der Waals surface area contributed by atoms with Crippen molar-refractivity contribution in [3.8, 4) is 0 Å². The Bertz CT molecular complexity index is 575. The Morgan fingerprint density at radius 3 is 2.61 bits per heavy atom. The van der Waals surface area contributed by atoms with E-state index in [9.17, 15) is 17.2 Å². The van der Waals surface area contributed by atoms with Gasteiger partial charge in [0.15, 0.2) is 0 Å². The van der Waals surface area contributed by atoms with Crippen LogP contribution < -0.4 is 0 Å². The molecule has 0 spiro atoms. The fraction of sp³-hybridized carbons (Fsp3) is 0.400. The second kappa shape index (κ2) is 4.84. The second-order valence-electron chi connectivity index (χ2n) is 3.94. The molecule has 4 nitrogen and oxygen atoms in total. The summed E-state index contributed by atoms with van der Waals surface area (Å²) < 4.78 is 56.7. The highest BCUT2D eigenvalue weighted by atomic mass is 79.9. The first-order chi connectivity index (χ1) is 8.32. The number of sulfonamides is 1. The molecule has 0 radical (unpaired) electrons. The molecule has 0 unspecified atom stereocenters. The van der Waals surface area contributed by atoms with Crippen molar-refractivity contribution >= 4 is 26.0 Å². The summed E-state index contributed by atoms with van der Waals surface area (Å²) in [5.41, 5.74) is 0. The van der Waals surface area contributed by atoms with Gasteiger partial charge in [0.05, 0.1) is 17.2 Å². The summed E-state index contributed by atoms with van der Waals surface area (Å²) in [6, 6.07) is 1.46. The molecular formula is C10H10BrF2NO3S. The number of halogens is 3. The van der Waals surface area contributed by atoms with Crippen LogP contribution in [0.15, 0.2) is 21.5 Å². The van der Waals surface area contributed by atoms with Crippen molar-refractivity contribution in [1.29, 1.82) is 0 Å². The highest BCUT2D eigenvalue weighted by Gasteiger charge is 2.32. The first-order valence-electron chi connectivity index (χ1n) is 5.05. The lowest BCUT2D eigenvalue weighted by Gasteiger charge is -2.16. The van der Waals surface area contributed by atoms with Crippen LogP contribution in [-0.2, 0) is 14.8 Å². The van der Waals surface area contributed by atoms with E-state index in [-0.39, 0.29) is 17.1 Å². The molecule has 0 N–H and O–H groups in total. The van der Waals surface area contributed by atoms with Crippen LogP contribution in [0.5, 0.6) is 0 Å². The molecule has 0 aliphatic carbocycles. The lowest BCUT2D eigenvalue weighted by molar-refractivity contribution is 0.358. The summed E-state index contributed by atoms with van der Waals surface area (Å²) in [5.74, 6) is -1.82. The van der Waals surface area contributed by atoms with E-state index < -0.39 is 26.6 Å². The molecule has 1 heterocycles. The maximum Gasteiger partial charge on any atom is 0.245 e. The number of nitrogens with zero attached hydrogens (tertiary/aromatic N) is 1. The molecule has 1 aromatic rings. The number of hydrogen-bond donors (Lipinski definition) is 0. The van der Waals surface area contributed by atoms with Crippen molar-refractivity contribution in [3.63, 3.8) is 0 Å². The maximum absolute atomic E-state index is 13.6. The Morgan fingerprint density at radius 1 is 1.44 bits per heavy atom. The highest BCUT2D eigenvalue weighted by molar-refractivity contribution is 9.10. The fourth-order valence-electron chi connectivity index (χ4n) is 1.43. The molecule has 8 heteroatoms. The van der Waals surface area contributed by atoms with Crippen molar-refractivity contribution in [2.45, 2.75) is 11.0 Å². The number of epoxide rings is 1. The molecule has 0 aromatic heterocycles. The van der Waals surface area contributed by atoms with Gasteiger partial charge in [-0.15, -0.1) is 0 Å². The van der Waals surface area contributed by atoms with E-state index >= 15 is 0 Å². The lowest BCUT2D eigenvalue weighted by Crippen LogP contribution is -2.31. The quantitative estimate of drug-likeness (QED) is 0.619. The topological polar surface area (TPSA) is 49.9 Å².